The van der Waals surface area contributed by atoms with Crippen LogP contribution in [0.2, 0.25) is 0 Å². The lowest BCUT2D eigenvalue weighted by Crippen LogP contribution is -1.93. The Labute approximate surface area is 121 Å². The molecule has 1 N–H and O–H groups in total. The summed E-state index contributed by atoms with van der Waals surface area (Å²) in [7, 11) is 1.95. The SMILES string of the molecule is CC.CC.CNc1c2ccccc2nc2ccccc12. The Balaban J connectivity index is 0.000000461. The minimum Gasteiger partial charge on any atom is -0.387 e. The molecule has 3 aromatic rings. The normalized spacial score (nSPS) is 9.25. The standard InChI is InChI=1S/C14H12N2.2C2H6/c1-15-14-10-6-2-4-8-12(10)16-13-9-5-3-7-11(13)14;2*1-2/h2-9H,1H3,(H,15,16);2*1-2H3. The first kappa shape index (κ1) is 16.0. The summed E-state index contributed by atoms with van der Waals surface area (Å²) in [5.41, 5.74) is 3.22. The number of hydrogen-bond acceptors (Lipinski definition) is 2. The molecule has 0 fully saturated rings. The Morgan fingerprint density at radius 2 is 1.10 bits per heavy atom. The lowest BCUT2D eigenvalue weighted by Gasteiger charge is -2.09. The van der Waals surface area contributed by atoms with Crippen LogP contribution in [0.4, 0.5) is 5.69 Å². The number of rotatable bonds is 1. The Morgan fingerprint density at radius 1 is 0.700 bits per heavy atom. The Kier molecular flexibility index (Phi) is 6.51. The van der Waals surface area contributed by atoms with Crippen LogP contribution in [0, 0.1) is 0 Å². The van der Waals surface area contributed by atoms with Crippen LogP contribution >= 0.6 is 0 Å². The van der Waals surface area contributed by atoms with Gasteiger partial charge in [0.15, 0.2) is 0 Å². The van der Waals surface area contributed by atoms with Crippen molar-refractivity contribution in [1.82, 2.24) is 4.98 Å². The molecular formula is C18H24N2. The summed E-state index contributed by atoms with van der Waals surface area (Å²) in [6, 6.07) is 16.4. The van der Waals surface area contributed by atoms with Crippen LogP contribution in [0.3, 0.4) is 0 Å². The zero-order valence-corrected chi connectivity index (χ0v) is 13.1. The van der Waals surface area contributed by atoms with Crippen molar-refractivity contribution in [3.8, 4) is 0 Å². The number of nitrogens with zero attached hydrogens (tertiary/aromatic N) is 1. The first-order valence-corrected chi connectivity index (χ1v) is 7.35. The van der Waals surface area contributed by atoms with E-state index in [9.17, 15) is 0 Å². The van der Waals surface area contributed by atoms with Gasteiger partial charge in [0.25, 0.3) is 0 Å². The second-order valence-electron chi connectivity index (χ2n) is 3.77. The van der Waals surface area contributed by atoms with Crippen molar-refractivity contribution >= 4 is 27.5 Å². The third-order valence-electron chi connectivity index (χ3n) is 2.84. The van der Waals surface area contributed by atoms with Gasteiger partial charge in [-0.2, -0.15) is 0 Å². The van der Waals surface area contributed by atoms with Gasteiger partial charge in [-0.3, -0.25) is 0 Å². The molecule has 2 aromatic carbocycles. The van der Waals surface area contributed by atoms with Crippen LogP contribution < -0.4 is 5.32 Å². The van der Waals surface area contributed by atoms with Crippen molar-refractivity contribution in [2.75, 3.05) is 12.4 Å². The van der Waals surface area contributed by atoms with Gasteiger partial charge in [-0.05, 0) is 12.1 Å². The number of nitrogens with one attached hydrogen (secondary N) is 1. The van der Waals surface area contributed by atoms with E-state index < -0.39 is 0 Å². The summed E-state index contributed by atoms with van der Waals surface area (Å²) >= 11 is 0. The molecule has 0 spiro atoms. The number of hydrogen-bond donors (Lipinski definition) is 1. The van der Waals surface area contributed by atoms with Gasteiger partial charge in [0, 0.05) is 17.8 Å². The highest BCUT2D eigenvalue weighted by molar-refractivity contribution is 6.07. The van der Waals surface area contributed by atoms with Crippen molar-refractivity contribution in [1.29, 1.82) is 0 Å². The van der Waals surface area contributed by atoms with E-state index in [2.05, 4.69) is 22.4 Å². The molecule has 3 rings (SSSR count). The van der Waals surface area contributed by atoms with Crippen LogP contribution in [0.15, 0.2) is 48.5 Å². The van der Waals surface area contributed by atoms with Crippen LogP contribution in [-0.4, -0.2) is 12.0 Å². The lowest BCUT2D eigenvalue weighted by atomic mass is 10.1. The molecule has 0 amide bonds. The number of fused-ring (bicyclic) bond motifs is 2. The molecule has 0 aliphatic carbocycles. The largest absolute Gasteiger partial charge is 0.387 e. The molecule has 0 radical (unpaired) electrons. The van der Waals surface area contributed by atoms with Crippen molar-refractivity contribution in [2.45, 2.75) is 27.7 Å². The van der Waals surface area contributed by atoms with Gasteiger partial charge < -0.3 is 5.32 Å². The first-order valence-electron chi connectivity index (χ1n) is 7.35. The van der Waals surface area contributed by atoms with E-state index >= 15 is 0 Å². The molecule has 1 heterocycles. The maximum absolute atomic E-state index is 4.65. The first-order chi connectivity index (χ1) is 9.90. The fourth-order valence-electron chi connectivity index (χ4n) is 2.11. The second kappa shape index (κ2) is 8.16. The fourth-order valence-corrected chi connectivity index (χ4v) is 2.11. The van der Waals surface area contributed by atoms with Crippen LogP contribution in [0.25, 0.3) is 21.8 Å². The van der Waals surface area contributed by atoms with Gasteiger partial charge in [0.05, 0.1) is 16.7 Å². The molecule has 0 saturated heterocycles. The summed E-state index contributed by atoms with van der Waals surface area (Å²) in [5.74, 6) is 0. The average molecular weight is 268 g/mol. The maximum atomic E-state index is 4.65. The van der Waals surface area contributed by atoms with E-state index in [0.29, 0.717) is 0 Å². The van der Waals surface area contributed by atoms with Gasteiger partial charge in [0.2, 0.25) is 0 Å². The van der Waals surface area contributed by atoms with Crippen molar-refractivity contribution < 1.29 is 0 Å². The van der Waals surface area contributed by atoms with E-state index in [1.165, 1.54) is 10.8 Å². The highest BCUT2D eigenvalue weighted by Crippen LogP contribution is 2.29. The van der Waals surface area contributed by atoms with E-state index in [1.54, 1.807) is 0 Å². The molecule has 0 atom stereocenters. The molecule has 106 valence electrons. The molecule has 0 aliphatic rings. The van der Waals surface area contributed by atoms with Gasteiger partial charge >= 0.3 is 0 Å². The molecule has 1 aromatic heterocycles. The van der Waals surface area contributed by atoms with Crippen molar-refractivity contribution in [2.24, 2.45) is 0 Å². The molecule has 0 unspecified atom stereocenters. The fraction of sp³-hybridized carbons (Fsp3) is 0.278. The molecule has 2 heteroatoms. The predicted octanol–water partition coefficient (Wildman–Crippen LogP) is 5.48. The summed E-state index contributed by atoms with van der Waals surface area (Å²) in [5, 5.41) is 5.61. The molecule has 2 nitrogen and oxygen atoms in total. The molecule has 0 aliphatic heterocycles. The van der Waals surface area contributed by atoms with Gasteiger partial charge in [-0.1, -0.05) is 64.1 Å². The summed E-state index contributed by atoms with van der Waals surface area (Å²) in [4.78, 5) is 4.65. The smallest absolute Gasteiger partial charge is 0.0730 e. The van der Waals surface area contributed by atoms with E-state index in [1.807, 2.05) is 71.1 Å². The minimum atomic E-state index is 1.03. The maximum Gasteiger partial charge on any atom is 0.0730 e. The highest BCUT2D eigenvalue weighted by atomic mass is 14.8. The molecule has 0 saturated carbocycles. The van der Waals surface area contributed by atoms with Gasteiger partial charge in [-0.15, -0.1) is 0 Å². The minimum absolute atomic E-state index is 1.03. The van der Waals surface area contributed by atoms with Crippen LogP contribution in [0.1, 0.15) is 27.7 Å². The Morgan fingerprint density at radius 3 is 1.50 bits per heavy atom. The molecular weight excluding hydrogens is 244 g/mol. The number of pyridine rings is 1. The van der Waals surface area contributed by atoms with Crippen LogP contribution in [-0.2, 0) is 0 Å². The van der Waals surface area contributed by atoms with Crippen molar-refractivity contribution in [3.05, 3.63) is 48.5 Å². The topological polar surface area (TPSA) is 24.9 Å². The van der Waals surface area contributed by atoms with Crippen LogP contribution in [0.5, 0.6) is 0 Å². The quantitative estimate of drug-likeness (QED) is 0.591. The van der Waals surface area contributed by atoms with Gasteiger partial charge in [0.1, 0.15) is 0 Å². The van der Waals surface area contributed by atoms with E-state index in [0.717, 1.165) is 16.7 Å². The third-order valence-corrected chi connectivity index (χ3v) is 2.84. The molecule has 0 bridgehead atoms. The highest BCUT2D eigenvalue weighted by Gasteiger charge is 2.05. The van der Waals surface area contributed by atoms with Gasteiger partial charge in [-0.25, -0.2) is 4.98 Å². The number of anilines is 1. The van der Waals surface area contributed by atoms with E-state index in [-0.39, 0.29) is 0 Å². The Bertz CT molecular complexity index is 606. The third kappa shape index (κ3) is 3.08. The second-order valence-corrected chi connectivity index (χ2v) is 3.77. The lowest BCUT2D eigenvalue weighted by molar-refractivity contribution is 1.47. The summed E-state index contributed by atoms with van der Waals surface area (Å²) in [6.45, 7) is 8.00. The van der Waals surface area contributed by atoms with E-state index in [4.69, 9.17) is 0 Å². The predicted molar refractivity (Wildman–Crippen MR) is 91.5 cm³/mol. The molecule has 20 heavy (non-hydrogen) atoms. The average Bonchev–Trinajstić information content (AvgIpc) is 2.56. The summed E-state index contributed by atoms with van der Waals surface area (Å²) in [6.07, 6.45) is 0. The summed E-state index contributed by atoms with van der Waals surface area (Å²) < 4.78 is 0. The number of benzene rings is 2. The monoisotopic (exact) mass is 268 g/mol. The number of aromatic nitrogens is 1. The number of para-hydroxylation sites is 2. The zero-order chi connectivity index (χ0) is 15.0. The zero-order valence-electron chi connectivity index (χ0n) is 13.1. The van der Waals surface area contributed by atoms with Crippen molar-refractivity contribution in [3.63, 3.8) is 0 Å². The Hall–Kier alpha value is -2.09.